The maximum atomic E-state index is 12.1. The summed E-state index contributed by atoms with van der Waals surface area (Å²) >= 11 is 1.99. The second-order valence-corrected chi connectivity index (χ2v) is 5.35. The van der Waals surface area contributed by atoms with Gasteiger partial charge in [-0.3, -0.25) is 9.78 Å². The van der Waals surface area contributed by atoms with E-state index in [2.05, 4.69) is 4.98 Å². The van der Waals surface area contributed by atoms with Gasteiger partial charge < -0.3 is 4.90 Å². The standard InChI is InChI=1S/C11H12N2OS/c14-11(10-3-1-2-4-12-10)13-6-9-5-8(13)7-15-9/h1-4,8-9H,5-7H2/t8-,9+/m0/s1. The van der Waals surface area contributed by atoms with Crippen molar-refractivity contribution < 1.29 is 4.79 Å². The predicted molar refractivity (Wildman–Crippen MR) is 59.9 cm³/mol. The summed E-state index contributed by atoms with van der Waals surface area (Å²) in [6.45, 7) is 0.907. The largest absolute Gasteiger partial charge is 0.332 e. The Bertz CT molecular complexity index is 381. The molecule has 3 nitrogen and oxygen atoms in total. The maximum Gasteiger partial charge on any atom is 0.272 e. The highest BCUT2D eigenvalue weighted by atomic mass is 32.2. The van der Waals surface area contributed by atoms with E-state index in [1.807, 2.05) is 28.8 Å². The van der Waals surface area contributed by atoms with Crippen molar-refractivity contribution >= 4 is 17.7 Å². The molecule has 0 saturated carbocycles. The smallest absolute Gasteiger partial charge is 0.272 e. The summed E-state index contributed by atoms with van der Waals surface area (Å²) in [4.78, 5) is 18.2. The molecule has 4 heteroatoms. The molecule has 78 valence electrons. The number of nitrogens with zero attached hydrogens (tertiary/aromatic N) is 2. The number of carbonyl (C=O) groups excluding carboxylic acids is 1. The third-order valence-corrected chi connectivity index (χ3v) is 4.44. The predicted octanol–water partition coefficient (Wildman–Crippen LogP) is 1.41. The summed E-state index contributed by atoms with van der Waals surface area (Å²) < 4.78 is 0. The molecule has 1 amide bonds. The Balaban J connectivity index is 1.81. The summed E-state index contributed by atoms with van der Waals surface area (Å²) in [6.07, 6.45) is 2.85. The lowest BCUT2D eigenvalue weighted by Gasteiger charge is -2.26. The van der Waals surface area contributed by atoms with Crippen molar-refractivity contribution in [3.63, 3.8) is 0 Å². The van der Waals surface area contributed by atoms with E-state index in [9.17, 15) is 4.79 Å². The quantitative estimate of drug-likeness (QED) is 0.717. The molecule has 0 aromatic carbocycles. The fraction of sp³-hybridized carbons (Fsp3) is 0.455. The van der Waals surface area contributed by atoms with Gasteiger partial charge in [0.15, 0.2) is 0 Å². The summed E-state index contributed by atoms with van der Waals surface area (Å²) in [7, 11) is 0. The molecule has 3 rings (SSSR count). The van der Waals surface area contributed by atoms with Crippen LogP contribution in [-0.4, -0.2) is 39.4 Å². The number of amides is 1. The van der Waals surface area contributed by atoms with Crippen molar-refractivity contribution in [2.75, 3.05) is 12.3 Å². The van der Waals surface area contributed by atoms with Crippen LogP contribution in [0, 0.1) is 0 Å². The third kappa shape index (κ3) is 1.53. The van der Waals surface area contributed by atoms with Crippen LogP contribution in [0.15, 0.2) is 24.4 Å². The summed E-state index contributed by atoms with van der Waals surface area (Å²) in [5.74, 6) is 1.20. The number of fused-ring (bicyclic) bond motifs is 2. The molecule has 2 aliphatic rings. The molecule has 3 heterocycles. The van der Waals surface area contributed by atoms with Gasteiger partial charge in [-0.2, -0.15) is 11.8 Å². The number of rotatable bonds is 1. The van der Waals surface area contributed by atoms with Crippen molar-refractivity contribution in [2.45, 2.75) is 17.7 Å². The molecule has 2 fully saturated rings. The molecule has 1 aromatic rings. The van der Waals surface area contributed by atoms with Crippen LogP contribution in [0.2, 0.25) is 0 Å². The second-order valence-electron chi connectivity index (χ2n) is 4.02. The Morgan fingerprint density at radius 1 is 1.53 bits per heavy atom. The van der Waals surface area contributed by atoms with Gasteiger partial charge in [0.25, 0.3) is 5.91 Å². The summed E-state index contributed by atoms with van der Waals surface area (Å²) in [5, 5.41) is 0.669. The monoisotopic (exact) mass is 220 g/mol. The average Bonchev–Trinajstić information content (AvgIpc) is 2.91. The van der Waals surface area contributed by atoms with Crippen molar-refractivity contribution in [2.24, 2.45) is 0 Å². The highest BCUT2D eigenvalue weighted by Crippen LogP contribution is 2.37. The zero-order valence-corrected chi connectivity index (χ0v) is 9.11. The minimum absolute atomic E-state index is 0.100. The SMILES string of the molecule is O=C(c1ccccn1)N1C[C@H]2C[C@H]1CS2. The lowest BCUT2D eigenvalue weighted by molar-refractivity contribution is 0.0741. The molecule has 0 aliphatic carbocycles. The fourth-order valence-corrected chi connectivity index (χ4v) is 3.72. The van der Waals surface area contributed by atoms with E-state index in [0.29, 0.717) is 17.0 Å². The number of thioether (sulfide) groups is 1. The van der Waals surface area contributed by atoms with Gasteiger partial charge in [0, 0.05) is 29.8 Å². The second kappa shape index (κ2) is 3.52. The van der Waals surface area contributed by atoms with Gasteiger partial charge in [-0.1, -0.05) is 6.07 Å². The van der Waals surface area contributed by atoms with E-state index in [1.165, 1.54) is 6.42 Å². The van der Waals surface area contributed by atoms with E-state index < -0.39 is 0 Å². The topological polar surface area (TPSA) is 33.2 Å². The van der Waals surface area contributed by atoms with Gasteiger partial charge in [0.05, 0.1) is 0 Å². The molecule has 2 atom stereocenters. The lowest BCUT2D eigenvalue weighted by Crippen LogP contribution is -2.39. The molecule has 2 aliphatic heterocycles. The number of hydrogen-bond donors (Lipinski definition) is 0. The van der Waals surface area contributed by atoms with Crippen LogP contribution in [-0.2, 0) is 0 Å². The Labute approximate surface area is 92.9 Å². The maximum absolute atomic E-state index is 12.1. The van der Waals surface area contributed by atoms with Gasteiger partial charge >= 0.3 is 0 Å². The van der Waals surface area contributed by atoms with Crippen molar-refractivity contribution in [3.05, 3.63) is 30.1 Å². The van der Waals surface area contributed by atoms with Crippen molar-refractivity contribution in [1.82, 2.24) is 9.88 Å². The van der Waals surface area contributed by atoms with Crippen LogP contribution in [0.1, 0.15) is 16.9 Å². The van der Waals surface area contributed by atoms with Gasteiger partial charge in [0.1, 0.15) is 5.69 Å². The van der Waals surface area contributed by atoms with Gasteiger partial charge in [-0.05, 0) is 18.6 Å². The van der Waals surface area contributed by atoms with E-state index in [4.69, 9.17) is 0 Å². The molecule has 1 aromatic heterocycles. The fourth-order valence-electron chi connectivity index (χ4n) is 2.28. The first-order valence-corrected chi connectivity index (χ1v) is 6.23. The third-order valence-electron chi connectivity index (χ3n) is 3.05. The first kappa shape index (κ1) is 9.21. The van der Waals surface area contributed by atoms with Crippen LogP contribution in [0.4, 0.5) is 0 Å². The molecular weight excluding hydrogens is 208 g/mol. The van der Waals surface area contributed by atoms with Crippen LogP contribution < -0.4 is 0 Å². The first-order chi connectivity index (χ1) is 7.34. The van der Waals surface area contributed by atoms with E-state index in [-0.39, 0.29) is 5.91 Å². The minimum atomic E-state index is 0.100. The first-order valence-electron chi connectivity index (χ1n) is 5.18. The van der Waals surface area contributed by atoms with Gasteiger partial charge in [-0.25, -0.2) is 0 Å². The zero-order valence-electron chi connectivity index (χ0n) is 8.30. The Kier molecular flexibility index (Phi) is 2.16. The van der Waals surface area contributed by atoms with Crippen LogP contribution in [0.25, 0.3) is 0 Å². The number of carbonyl (C=O) groups is 1. The highest BCUT2D eigenvalue weighted by Gasteiger charge is 2.41. The molecule has 15 heavy (non-hydrogen) atoms. The molecule has 0 spiro atoms. The van der Waals surface area contributed by atoms with Crippen molar-refractivity contribution in [3.8, 4) is 0 Å². The summed E-state index contributed by atoms with van der Waals surface area (Å²) in [6, 6.07) is 5.95. The minimum Gasteiger partial charge on any atom is -0.332 e. The van der Waals surface area contributed by atoms with Crippen LogP contribution in [0.5, 0.6) is 0 Å². The Morgan fingerprint density at radius 2 is 2.47 bits per heavy atom. The Morgan fingerprint density at radius 3 is 3.07 bits per heavy atom. The average molecular weight is 220 g/mol. The van der Waals surface area contributed by atoms with Crippen LogP contribution >= 0.6 is 11.8 Å². The van der Waals surface area contributed by atoms with E-state index in [1.54, 1.807) is 12.3 Å². The molecule has 0 N–H and O–H groups in total. The lowest BCUT2D eigenvalue weighted by atomic mass is 10.2. The van der Waals surface area contributed by atoms with Gasteiger partial charge in [0.2, 0.25) is 0 Å². The molecule has 0 unspecified atom stereocenters. The molecular formula is C11H12N2OS. The normalized spacial score (nSPS) is 28.4. The van der Waals surface area contributed by atoms with Crippen molar-refractivity contribution in [1.29, 1.82) is 0 Å². The number of pyridine rings is 1. The van der Waals surface area contributed by atoms with E-state index >= 15 is 0 Å². The Hall–Kier alpha value is -1.03. The zero-order chi connectivity index (χ0) is 10.3. The van der Waals surface area contributed by atoms with Crippen LogP contribution in [0.3, 0.4) is 0 Å². The summed E-state index contributed by atoms with van der Waals surface area (Å²) in [5.41, 5.74) is 0.579. The van der Waals surface area contributed by atoms with Gasteiger partial charge in [-0.15, -0.1) is 0 Å². The molecule has 0 radical (unpaired) electrons. The number of hydrogen-bond acceptors (Lipinski definition) is 3. The number of aromatic nitrogens is 1. The van der Waals surface area contributed by atoms with E-state index in [0.717, 1.165) is 12.3 Å². The molecule has 2 bridgehead atoms. The molecule has 2 saturated heterocycles. The highest BCUT2D eigenvalue weighted by molar-refractivity contribution is 8.00. The number of likely N-dealkylation sites (tertiary alicyclic amines) is 1.